The lowest BCUT2D eigenvalue weighted by atomic mass is 10.1. The summed E-state index contributed by atoms with van der Waals surface area (Å²) in [5.41, 5.74) is 1.65. The van der Waals surface area contributed by atoms with Crippen LogP contribution in [0.15, 0.2) is 36.8 Å². The van der Waals surface area contributed by atoms with Gasteiger partial charge in [-0.15, -0.1) is 0 Å². The van der Waals surface area contributed by atoms with Gasteiger partial charge in [0.25, 0.3) is 5.91 Å². The molecule has 0 unspecified atom stereocenters. The zero-order valence-electron chi connectivity index (χ0n) is 13.1. The molecule has 1 aromatic carbocycles. The number of amides is 1. The van der Waals surface area contributed by atoms with Crippen molar-refractivity contribution >= 4 is 21.6 Å². The zero-order valence-corrected chi connectivity index (χ0v) is 13.9. The van der Waals surface area contributed by atoms with Crippen molar-refractivity contribution in [3.8, 4) is 0 Å². The number of nitrogens with zero attached hydrogens (tertiary/aromatic N) is 2. The van der Waals surface area contributed by atoms with Crippen molar-refractivity contribution in [2.45, 2.75) is 19.9 Å². The van der Waals surface area contributed by atoms with E-state index in [2.05, 4.69) is 15.0 Å². The van der Waals surface area contributed by atoms with Gasteiger partial charge in [0, 0.05) is 25.0 Å². The third-order valence-electron chi connectivity index (χ3n) is 3.25. The lowest BCUT2D eigenvalue weighted by Gasteiger charge is -2.11. The molecular weight excluding hydrogens is 316 g/mol. The van der Waals surface area contributed by atoms with Gasteiger partial charge in [0.1, 0.15) is 0 Å². The number of para-hydroxylation sites is 1. The number of carbonyl (C=O) groups is 1. The van der Waals surface area contributed by atoms with E-state index in [0.29, 0.717) is 12.1 Å². The normalized spacial score (nSPS) is 11.2. The lowest BCUT2D eigenvalue weighted by Crippen LogP contribution is -2.26. The number of carbonyl (C=O) groups excluding carboxylic acids is 1. The fourth-order valence-corrected chi connectivity index (χ4v) is 2.71. The second-order valence-electron chi connectivity index (χ2n) is 5.26. The van der Waals surface area contributed by atoms with E-state index in [-0.39, 0.29) is 11.6 Å². The van der Waals surface area contributed by atoms with Gasteiger partial charge in [-0.3, -0.25) is 9.52 Å². The van der Waals surface area contributed by atoms with Crippen molar-refractivity contribution in [1.29, 1.82) is 0 Å². The molecule has 23 heavy (non-hydrogen) atoms. The van der Waals surface area contributed by atoms with Crippen molar-refractivity contribution in [2.24, 2.45) is 0 Å². The number of hydrogen-bond acceptors (Lipinski definition) is 4. The standard InChI is InChI=1S/C15H20N4O3S/c1-12-10-16-11-19(12)9-5-8-17-15(20)13-6-3-4-7-14(13)18-23(2,21)22/h3-4,6-7,10-11,18H,5,8-9H2,1-2H3,(H,17,20). The third-order valence-corrected chi connectivity index (χ3v) is 3.84. The Labute approximate surface area is 135 Å². The topological polar surface area (TPSA) is 93.1 Å². The zero-order chi connectivity index (χ0) is 16.9. The summed E-state index contributed by atoms with van der Waals surface area (Å²) < 4.78 is 27.1. The molecule has 2 rings (SSSR count). The van der Waals surface area contributed by atoms with Crippen LogP contribution in [0.3, 0.4) is 0 Å². The van der Waals surface area contributed by atoms with Crippen LogP contribution in [0, 0.1) is 6.92 Å². The van der Waals surface area contributed by atoms with Crippen LogP contribution < -0.4 is 10.0 Å². The summed E-state index contributed by atoms with van der Waals surface area (Å²) in [4.78, 5) is 16.3. The summed E-state index contributed by atoms with van der Waals surface area (Å²) in [7, 11) is -3.43. The van der Waals surface area contributed by atoms with E-state index in [9.17, 15) is 13.2 Å². The quantitative estimate of drug-likeness (QED) is 0.747. The van der Waals surface area contributed by atoms with Crippen molar-refractivity contribution in [2.75, 3.05) is 17.5 Å². The summed E-state index contributed by atoms with van der Waals surface area (Å²) in [6.45, 7) is 3.22. The van der Waals surface area contributed by atoms with Gasteiger partial charge in [-0.25, -0.2) is 13.4 Å². The summed E-state index contributed by atoms with van der Waals surface area (Å²) in [6.07, 6.45) is 5.34. The predicted molar refractivity (Wildman–Crippen MR) is 88.8 cm³/mol. The second kappa shape index (κ2) is 7.28. The minimum absolute atomic E-state index is 0.276. The van der Waals surface area contributed by atoms with Crippen molar-refractivity contribution in [3.63, 3.8) is 0 Å². The van der Waals surface area contributed by atoms with Crippen molar-refractivity contribution in [1.82, 2.24) is 14.9 Å². The van der Waals surface area contributed by atoms with E-state index >= 15 is 0 Å². The molecule has 0 aliphatic rings. The van der Waals surface area contributed by atoms with E-state index in [1.165, 1.54) is 0 Å². The SMILES string of the molecule is Cc1cncn1CCCNC(=O)c1ccccc1NS(C)(=O)=O. The predicted octanol–water partition coefficient (Wildman–Crippen LogP) is 1.38. The molecule has 0 saturated carbocycles. The number of rotatable bonds is 7. The first-order chi connectivity index (χ1) is 10.9. The first-order valence-corrected chi connectivity index (χ1v) is 9.08. The highest BCUT2D eigenvalue weighted by molar-refractivity contribution is 7.92. The van der Waals surface area contributed by atoms with E-state index < -0.39 is 10.0 Å². The molecule has 1 amide bonds. The van der Waals surface area contributed by atoms with Crippen LogP contribution in [0.25, 0.3) is 0 Å². The maximum Gasteiger partial charge on any atom is 0.253 e. The number of nitrogens with one attached hydrogen (secondary N) is 2. The molecule has 0 saturated heterocycles. The number of anilines is 1. The summed E-state index contributed by atoms with van der Waals surface area (Å²) in [6, 6.07) is 6.51. The Morgan fingerprint density at radius 3 is 2.70 bits per heavy atom. The van der Waals surface area contributed by atoms with Crippen LogP contribution in [-0.2, 0) is 16.6 Å². The number of aryl methyl sites for hydroxylation is 2. The maximum atomic E-state index is 12.2. The van der Waals surface area contributed by atoms with Gasteiger partial charge < -0.3 is 9.88 Å². The van der Waals surface area contributed by atoms with Crippen LogP contribution in [0.5, 0.6) is 0 Å². The Bertz CT molecular complexity index is 784. The van der Waals surface area contributed by atoms with Gasteiger partial charge in [-0.2, -0.15) is 0 Å². The molecule has 0 bridgehead atoms. The van der Waals surface area contributed by atoms with Crippen LogP contribution in [0.2, 0.25) is 0 Å². The highest BCUT2D eigenvalue weighted by Gasteiger charge is 2.13. The fourth-order valence-electron chi connectivity index (χ4n) is 2.14. The minimum atomic E-state index is -3.43. The average molecular weight is 336 g/mol. The molecule has 0 aliphatic carbocycles. The molecule has 1 heterocycles. The number of hydrogen-bond donors (Lipinski definition) is 2. The molecule has 0 atom stereocenters. The number of sulfonamides is 1. The fraction of sp³-hybridized carbons (Fsp3) is 0.333. The molecule has 0 radical (unpaired) electrons. The van der Waals surface area contributed by atoms with Gasteiger partial charge in [0.05, 0.1) is 23.8 Å². The first kappa shape index (κ1) is 17.0. The van der Waals surface area contributed by atoms with E-state index in [4.69, 9.17) is 0 Å². The Morgan fingerprint density at radius 2 is 2.04 bits per heavy atom. The molecule has 8 heteroatoms. The molecule has 124 valence electrons. The summed E-state index contributed by atoms with van der Waals surface area (Å²) >= 11 is 0. The monoisotopic (exact) mass is 336 g/mol. The molecule has 0 fully saturated rings. The molecule has 2 aromatic rings. The smallest absolute Gasteiger partial charge is 0.253 e. The van der Waals surface area contributed by atoms with Crippen molar-refractivity contribution in [3.05, 3.63) is 48.0 Å². The molecule has 1 aromatic heterocycles. The molecule has 2 N–H and O–H groups in total. The average Bonchev–Trinajstić information content (AvgIpc) is 2.87. The first-order valence-electron chi connectivity index (χ1n) is 7.18. The summed E-state index contributed by atoms with van der Waals surface area (Å²) in [5, 5.41) is 2.80. The van der Waals surface area contributed by atoms with Gasteiger partial charge >= 0.3 is 0 Å². The van der Waals surface area contributed by atoms with E-state index in [0.717, 1.165) is 24.9 Å². The number of imidazole rings is 1. The van der Waals surface area contributed by atoms with Gasteiger partial charge in [-0.05, 0) is 25.5 Å². The summed E-state index contributed by atoms with van der Waals surface area (Å²) in [5.74, 6) is -0.306. The van der Waals surface area contributed by atoms with Crippen LogP contribution >= 0.6 is 0 Å². The molecule has 0 spiro atoms. The van der Waals surface area contributed by atoms with Crippen LogP contribution in [0.1, 0.15) is 22.5 Å². The van der Waals surface area contributed by atoms with Crippen LogP contribution in [-0.4, -0.2) is 36.7 Å². The second-order valence-corrected chi connectivity index (χ2v) is 7.01. The maximum absolute atomic E-state index is 12.2. The highest BCUT2D eigenvalue weighted by atomic mass is 32.2. The molecular formula is C15H20N4O3S. The third kappa shape index (κ3) is 5.10. The van der Waals surface area contributed by atoms with Crippen LogP contribution in [0.4, 0.5) is 5.69 Å². The Balaban J connectivity index is 1.92. The molecule has 7 nitrogen and oxygen atoms in total. The minimum Gasteiger partial charge on any atom is -0.352 e. The Hall–Kier alpha value is -2.35. The lowest BCUT2D eigenvalue weighted by molar-refractivity contribution is 0.0953. The van der Waals surface area contributed by atoms with E-state index in [1.807, 2.05) is 11.5 Å². The number of benzene rings is 1. The Kier molecular flexibility index (Phi) is 5.38. The largest absolute Gasteiger partial charge is 0.352 e. The van der Waals surface area contributed by atoms with Gasteiger partial charge in [-0.1, -0.05) is 12.1 Å². The highest BCUT2D eigenvalue weighted by Crippen LogP contribution is 2.16. The Morgan fingerprint density at radius 1 is 1.30 bits per heavy atom. The van der Waals surface area contributed by atoms with Gasteiger partial charge in [0.2, 0.25) is 10.0 Å². The number of aromatic nitrogens is 2. The van der Waals surface area contributed by atoms with Gasteiger partial charge in [0.15, 0.2) is 0 Å². The van der Waals surface area contributed by atoms with E-state index in [1.54, 1.807) is 36.8 Å². The van der Waals surface area contributed by atoms with Crippen molar-refractivity contribution < 1.29 is 13.2 Å². The molecule has 0 aliphatic heterocycles.